The number of rotatable bonds is 67. The molecule has 0 spiro atoms. The molecular formula is C71H134O17P2. The molecule has 0 aliphatic rings. The SMILES string of the molecule is CCCCCC/C=C\C=C/CCCCCCCC(=O)O[C@H](COC(=O)CCCCCCCCCCCC(C)C)COP(=O)(O)OCC(O)COP(=O)(O)OC[C@@H](COC(=O)CCCCCCCCCC(C)C)OC(=O)CCCCCCCCCCCCC(C)C. The number of esters is 4. The lowest BCUT2D eigenvalue weighted by molar-refractivity contribution is -0.161. The Balaban J connectivity index is 5.30. The van der Waals surface area contributed by atoms with Crippen LogP contribution in [-0.2, 0) is 65.4 Å². The van der Waals surface area contributed by atoms with E-state index in [1.165, 1.54) is 122 Å². The lowest BCUT2D eigenvalue weighted by atomic mass is 10.0. The highest BCUT2D eigenvalue weighted by molar-refractivity contribution is 7.47. The fraction of sp³-hybridized carbons (Fsp3) is 0.887. The van der Waals surface area contributed by atoms with Gasteiger partial charge in [-0.15, -0.1) is 0 Å². The molecule has 0 aliphatic carbocycles. The van der Waals surface area contributed by atoms with Gasteiger partial charge in [-0.25, -0.2) is 9.13 Å². The van der Waals surface area contributed by atoms with Crippen molar-refractivity contribution in [1.82, 2.24) is 0 Å². The van der Waals surface area contributed by atoms with Gasteiger partial charge in [0, 0.05) is 25.7 Å². The van der Waals surface area contributed by atoms with E-state index in [1.54, 1.807) is 0 Å². The van der Waals surface area contributed by atoms with Gasteiger partial charge in [-0.05, 0) is 69.1 Å². The van der Waals surface area contributed by atoms with E-state index in [0.717, 1.165) is 121 Å². The van der Waals surface area contributed by atoms with Gasteiger partial charge >= 0.3 is 39.5 Å². The predicted octanol–water partition coefficient (Wildman–Crippen LogP) is 19.8. The van der Waals surface area contributed by atoms with Crippen LogP contribution in [0.3, 0.4) is 0 Å². The Morgan fingerprint density at radius 1 is 0.344 bits per heavy atom. The van der Waals surface area contributed by atoms with Crippen molar-refractivity contribution < 1.29 is 80.2 Å². The van der Waals surface area contributed by atoms with Crippen molar-refractivity contribution in [2.24, 2.45) is 17.8 Å². The van der Waals surface area contributed by atoms with Crippen LogP contribution in [-0.4, -0.2) is 96.7 Å². The Bertz CT molecular complexity index is 1860. The Labute approximate surface area is 548 Å². The molecule has 0 fully saturated rings. The van der Waals surface area contributed by atoms with E-state index in [-0.39, 0.29) is 25.7 Å². The molecule has 0 heterocycles. The first-order chi connectivity index (χ1) is 43.2. The summed E-state index contributed by atoms with van der Waals surface area (Å²) in [6.07, 6.45) is 48.1. The van der Waals surface area contributed by atoms with Gasteiger partial charge in [-0.1, -0.05) is 278 Å². The first kappa shape index (κ1) is 87.5. The van der Waals surface area contributed by atoms with Gasteiger partial charge in [0.15, 0.2) is 12.2 Å². The average molecular weight is 1320 g/mol. The van der Waals surface area contributed by atoms with E-state index >= 15 is 0 Å². The average Bonchev–Trinajstić information content (AvgIpc) is 3.11. The van der Waals surface area contributed by atoms with Crippen LogP contribution in [0.2, 0.25) is 0 Å². The fourth-order valence-electron chi connectivity index (χ4n) is 10.2. The number of aliphatic hydroxyl groups is 1. The first-order valence-corrected chi connectivity index (χ1v) is 39.2. The van der Waals surface area contributed by atoms with Crippen LogP contribution in [0.15, 0.2) is 24.3 Å². The maximum Gasteiger partial charge on any atom is 0.472 e. The number of hydrogen-bond acceptors (Lipinski definition) is 15. The summed E-state index contributed by atoms with van der Waals surface area (Å²) < 4.78 is 68.3. The monoisotopic (exact) mass is 1320 g/mol. The van der Waals surface area contributed by atoms with Crippen LogP contribution in [0.1, 0.15) is 331 Å². The van der Waals surface area contributed by atoms with Crippen LogP contribution in [0, 0.1) is 17.8 Å². The molecule has 0 radical (unpaired) electrons. The van der Waals surface area contributed by atoms with E-state index in [2.05, 4.69) is 72.8 Å². The summed E-state index contributed by atoms with van der Waals surface area (Å²) in [5.74, 6) is 0.0378. The van der Waals surface area contributed by atoms with Crippen molar-refractivity contribution in [2.45, 2.75) is 349 Å². The Morgan fingerprint density at radius 2 is 0.600 bits per heavy atom. The van der Waals surface area contributed by atoms with Gasteiger partial charge < -0.3 is 33.8 Å². The lowest BCUT2D eigenvalue weighted by Crippen LogP contribution is -2.30. The maximum absolute atomic E-state index is 13.0. The summed E-state index contributed by atoms with van der Waals surface area (Å²) in [5, 5.41) is 10.6. The number of hydrogen-bond donors (Lipinski definition) is 3. The van der Waals surface area contributed by atoms with Gasteiger partial charge in [0.1, 0.15) is 19.3 Å². The molecule has 0 rings (SSSR count). The fourth-order valence-corrected chi connectivity index (χ4v) is 11.8. The molecule has 90 heavy (non-hydrogen) atoms. The molecule has 3 N–H and O–H groups in total. The van der Waals surface area contributed by atoms with E-state index < -0.39 is 97.5 Å². The van der Waals surface area contributed by atoms with Crippen molar-refractivity contribution in [3.8, 4) is 0 Å². The van der Waals surface area contributed by atoms with E-state index in [9.17, 15) is 43.2 Å². The molecule has 19 heteroatoms. The number of carbonyl (C=O) groups is 4. The van der Waals surface area contributed by atoms with Crippen LogP contribution in [0.25, 0.3) is 0 Å². The first-order valence-electron chi connectivity index (χ1n) is 36.2. The number of aliphatic hydroxyl groups excluding tert-OH is 1. The summed E-state index contributed by atoms with van der Waals surface area (Å²) in [7, 11) is -9.92. The second-order valence-electron chi connectivity index (χ2n) is 26.4. The zero-order valence-corrected chi connectivity index (χ0v) is 59.9. The zero-order chi connectivity index (χ0) is 66.6. The standard InChI is InChI=1S/C71H134O17P2/c1-8-9-10-11-12-13-14-15-16-17-18-24-32-40-47-54-70(75)87-66(58-81-68(73)52-45-38-31-26-21-23-29-36-43-50-63(4)5)60-85-89(77,78)83-56-65(72)57-84-90(79,80)86-61-67(59-82-69(74)53-46-39-34-27-30-37-44-51-64(6)7)88-71(76)55-48-41-33-25-20-19-22-28-35-42-49-62(2)3/h13-16,62-67,72H,8-12,17-61H2,1-7H3,(H,77,78)(H,79,80)/b14-13-,16-15-/t65?,66-,67-/m1/s1. The van der Waals surface area contributed by atoms with Crippen molar-refractivity contribution >= 4 is 39.5 Å². The van der Waals surface area contributed by atoms with Crippen LogP contribution in [0.4, 0.5) is 0 Å². The molecule has 17 nitrogen and oxygen atoms in total. The molecule has 0 aromatic heterocycles. The smallest absolute Gasteiger partial charge is 0.462 e. The van der Waals surface area contributed by atoms with Crippen molar-refractivity contribution in [3.63, 3.8) is 0 Å². The topological polar surface area (TPSA) is 237 Å². The minimum Gasteiger partial charge on any atom is -0.462 e. The summed E-state index contributed by atoms with van der Waals surface area (Å²) >= 11 is 0. The van der Waals surface area contributed by atoms with Crippen molar-refractivity contribution in [2.75, 3.05) is 39.6 Å². The van der Waals surface area contributed by atoms with Crippen molar-refractivity contribution in [3.05, 3.63) is 24.3 Å². The number of phosphoric ester groups is 2. The molecule has 0 aromatic carbocycles. The summed E-state index contributed by atoms with van der Waals surface area (Å²) in [6.45, 7) is 11.7. The summed E-state index contributed by atoms with van der Waals surface area (Å²) in [5.41, 5.74) is 0. The van der Waals surface area contributed by atoms with Crippen molar-refractivity contribution in [1.29, 1.82) is 0 Å². The van der Waals surface area contributed by atoms with E-state index in [1.807, 2.05) is 0 Å². The summed E-state index contributed by atoms with van der Waals surface area (Å²) in [4.78, 5) is 72.5. The highest BCUT2D eigenvalue weighted by atomic mass is 31.2. The number of phosphoric acid groups is 2. The molecule has 0 saturated carbocycles. The maximum atomic E-state index is 13.0. The third-order valence-electron chi connectivity index (χ3n) is 15.8. The molecule has 3 unspecified atom stereocenters. The van der Waals surface area contributed by atoms with Gasteiger partial charge in [0.05, 0.1) is 26.4 Å². The Hall–Kier alpha value is -2.46. The molecule has 0 aromatic rings. The molecule has 0 saturated heterocycles. The third kappa shape index (κ3) is 64.3. The molecule has 530 valence electrons. The van der Waals surface area contributed by atoms with E-state index in [4.69, 9.17) is 37.0 Å². The number of ether oxygens (including phenoxy) is 4. The Morgan fingerprint density at radius 3 is 0.900 bits per heavy atom. The molecular weight excluding hydrogens is 1190 g/mol. The number of allylic oxidation sites excluding steroid dienone is 4. The molecule has 0 aliphatic heterocycles. The quantitative estimate of drug-likeness (QED) is 0.0169. The second-order valence-corrected chi connectivity index (χ2v) is 29.3. The molecule has 0 amide bonds. The second kappa shape index (κ2) is 61.4. The van der Waals surface area contributed by atoms with Crippen LogP contribution >= 0.6 is 15.6 Å². The van der Waals surface area contributed by atoms with E-state index in [0.29, 0.717) is 31.6 Å². The third-order valence-corrected chi connectivity index (χ3v) is 17.7. The van der Waals surface area contributed by atoms with Gasteiger partial charge in [-0.2, -0.15) is 0 Å². The highest BCUT2D eigenvalue weighted by Gasteiger charge is 2.30. The molecule has 5 atom stereocenters. The zero-order valence-electron chi connectivity index (χ0n) is 58.1. The molecule has 0 bridgehead atoms. The normalized spacial score (nSPS) is 14.4. The number of carbonyl (C=O) groups excluding carboxylic acids is 4. The number of unbranched alkanes of at least 4 members (excludes halogenated alkanes) is 32. The predicted molar refractivity (Wildman–Crippen MR) is 363 cm³/mol. The largest absolute Gasteiger partial charge is 0.472 e. The highest BCUT2D eigenvalue weighted by Crippen LogP contribution is 2.45. The minimum atomic E-state index is -4.96. The lowest BCUT2D eigenvalue weighted by Gasteiger charge is -2.21. The van der Waals surface area contributed by atoms with Gasteiger partial charge in [0.25, 0.3) is 0 Å². The van der Waals surface area contributed by atoms with Crippen LogP contribution in [0.5, 0.6) is 0 Å². The minimum absolute atomic E-state index is 0.0841. The van der Waals surface area contributed by atoms with Crippen LogP contribution < -0.4 is 0 Å². The Kier molecular flexibility index (Phi) is 59.7. The summed E-state index contributed by atoms with van der Waals surface area (Å²) in [6, 6.07) is 0. The van der Waals surface area contributed by atoms with Gasteiger partial charge in [-0.3, -0.25) is 37.3 Å². The van der Waals surface area contributed by atoms with Gasteiger partial charge in [0.2, 0.25) is 0 Å².